The summed E-state index contributed by atoms with van der Waals surface area (Å²) in [5, 5.41) is 2.77. The van der Waals surface area contributed by atoms with E-state index >= 15 is 0 Å². The van der Waals surface area contributed by atoms with Crippen LogP contribution >= 0.6 is 12.4 Å². The fourth-order valence-corrected chi connectivity index (χ4v) is 2.59. The highest BCUT2D eigenvalue weighted by Crippen LogP contribution is 2.26. The van der Waals surface area contributed by atoms with Gasteiger partial charge in [-0.15, -0.1) is 12.4 Å². The van der Waals surface area contributed by atoms with E-state index in [1.54, 1.807) is 24.3 Å². The molecule has 1 saturated carbocycles. The Bertz CT molecular complexity index is 508. The summed E-state index contributed by atoms with van der Waals surface area (Å²) in [7, 11) is 0. The number of anilines is 1. The van der Waals surface area contributed by atoms with E-state index in [-0.39, 0.29) is 36.7 Å². The zero-order chi connectivity index (χ0) is 15.5. The number of nitrogens with two attached hydrogens (primary N) is 1. The van der Waals surface area contributed by atoms with Crippen LogP contribution in [-0.4, -0.2) is 18.1 Å². The lowest BCUT2D eigenvalue weighted by molar-refractivity contribution is -0.134. The molecule has 0 aromatic heterocycles. The van der Waals surface area contributed by atoms with Gasteiger partial charge in [0, 0.05) is 24.1 Å². The van der Waals surface area contributed by atoms with Gasteiger partial charge in [-0.05, 0) is 43.4 Å². The Morgan fingerprint density at radius 3 is 2.64 bits per heavy atom. The van der Waals surface area contributed by atoms with Gasteiger partial charge in [-0.25, -0.2) is 0 Å². The van der Waals surface area contributed by atoms with Gasteiger partial charge in [0.25, 0.3) is 0 Å². The van der Waals surface area contributed by atoms with Crippen molar-refractivity contribution in [1.29, 1.82) is 0 Å². The smallest absolute Gasteiger partial charge is 0.328 e. The number of halogens is 4. The van der Waals surface area contributed by atoms with E-state index in [1.165, 1.54) is 0 Å². The molecule has 1 aliphatic rings. The summed E-state index contributed by atoms with van der Waals surface area (Å²) in [6.45, 7) is 0. The number of carbonyl (C=O) groups is 1. The average Bonchev–Trinajstić information content (AvgIpc) is 2.83. The second-order valence-electron chi connectivity index (χ2n) is 5.57. The first-order valence-corrected chi connectivity index (χ1v) is 7.05. The van der Waals surface area contributed by atoms with Crippen LogP contribution in [0.4, 0.5) is 18.9 Å². The molecule has 0 heterocycles. The van der Waals surface area contributed by atoms with Crippen molar-refractivity contribution in [1.82, 2.24) is 0 Å². The van der Waals surface area contributed by atoms with E-state index in [9.17, 15) is 18.0 Å². The Labute approximate surface area is 133 Å². The normalized spacial score (nSPS) is 21.3. The Kier molecular flexibility index (Phi) is 6.68. The van der Waals surface area contributed by atoms with Crippen LogP contribution in [-0.2, 0) is 11.2 Å². The van der Waals surface area contributed by atoms with Crippen LogP contribution in [0.5, 0.6) is 0 Å². The molecule has 1 aromatic rings. The third-order valence-corrected chi connectivity index (χ3v) is 3.74. The summed E-state index contributed by atoms with van der Waals surface area (Å²) in [6, 6.07) is 6.63. The summed E-state index contributed by atoms with van der Waals surface area (Å²) in [5.41, 5.74) is 6.88. The molecule has 124 valence electrons. The molecule has 1 aromatic carbocycles. The van der Waals surface area contributed by atoms with Crippen LogP contribution in [0.1, 0.15) is 31.2 Å². The lowest BCUT2D eigenvalue weighted by Crippen LogP contribution is -2.23. The predicted octanol–water partition coefficient (Wildman–Crippen LogP) is 3.67. The van der Waals surface area contributed by atoms with E-state index < -0.39 is 12.6 Å². The van der Waals surface area contributed by atoms with Gasteiger partial charge in [-0.1, -0.05) is 12.1 Å². The quantitative estimate of drug-likeness (QED) is 0.881. The maximum atomic E-state index is 12.2. The standard InChI is InChI=1S/C15H19F3N2O.ClH/c16-15(17,18)7-6-10-2-1-3-13(8-10)20-14(21)11-4-5-12(19)9-11;/h1-3,8,11-12H,4-7,9,19H2,(H,20,21);1H. The molecule has 0 radical (unpaired) electrons. The molecule has 3 nitrogen and oxygen atoms in total. The largest absolute Gasteiger partial charge is 0.389 e. The van der Waals surface area contributed by atoms with Gasteiger partial charge in [0.05, 0.1) is 0 Å². The molecule has 0 bridgehead atoms. The van der Waals surface area contributed by atoms with Gasteiger partial charge in [0.1, 0.15) is 0 Å². The van der Waals surface area contributed by atoms with E-state index in [1.807, 2.05) is 0 Å². The Hall–Kier alpha value is -1.27. The van der Waals surface area contributed by atoms with Gasteiger partial charge in [0.2, 0.25) is 5.91 Å². The molecular weight excluding hydrogens is 317 g/mol. The second-order valence-corrected chi connectivity index (χ2v) is 5.57. The highest BCUT2D eigenvalue weighted by atomic mass is 35.5. The minimum absolute atomic E-state index is 0. The first-order valence-electron chi connectivity index (χ1n) is 7.05. The molecule has 1 fully saturated rings. The lowest BCUT2D eigenvalue weighted by atomic mass is 10.1. The fraction of sp³-hybridized carbons (Fsp3) is 0.533. The van der Waals surface area contributed by atoms with E-state index in [2.05, 4.69) is 5.32 Å². The number of rotatable bonds is 4. The molecule has 7 heteroatoms. The van der Waals surface area contributed by atoms with Crippen LogP contribution in [0.25, 0.3) is 0 Å². The van der Waals surface area contributed by atoms with Crippen LogP contribution in [0.3, 0.4) is 0 Å². The highest BCUT2D eigenvalue weighted by Gasteiger charge is 2.28. The molecule has 2 rings (SSSR count). The zero-order valence-electron chi connectivity index (χ0n) is 12.0. The number of hydrogen-bond donors (Lipinski definition) is 2. The van der Waals surface area contributed by atoms with Gasteiger partial charge in [-0.2, -0.15) is 13.2 Å². The molecule has 3 N–H and O–H groups in total. The first-order chi connectivity index (χ1) is 9.83. The third kappa shape index (κ3) is 5.85. The van der Waals surface area contributed by atoms with Crippen LogP contribution in [0.2, 0.25) is 0 Å². The van der Waals surface area contributed by atoms with Crippen molar-refractivity contribution in [3.63, 3.8) is 0 Å². The summed E-state index contributed by atoms with van der Waals surface area (Å²) in [5.74, 6) is -0.199. The number of nitrogens with one attached hydrogen (secondary N) is 1. The topological polar surface area (TPSA) is 55.1 Å². The number of alkyl halides is 3. The zero-order valence-corrected chi connectivity index (χ0v) is 12.8. The molecule has 0 saturated heterocycles. The third-order valence-electron chi connectivity index (χ3n) is 3.74. The monoisotopic (exact) mass is 336 g/mol. The minimum atomic E-state index is -4.17. The number of hydrogen-bond acceptors (Lipinski definition) is 2. The molecule has 0 aliphatic heterocycles. The number of benzene rings is 1. The Morgan fingerprint density at radius 2 is 2.05 bits per heavy atom. The molecule has 1 amide bonds. The van der Waals surface area contributed by atoms with Crippen molar-refractivity contribution in [3.05, 3.63) is 29.8 Å². The van der Waals surface area contributed by atoms with Crippen molar-refractivity contribution in [2.24, 2.45) is 11.7 Å². The van der Waals surface area contributed by atoms with Crippen molar-refractivity contribution < 1.29 is 18.0 Å². The molecular formula is C15H20ClF3N2O. The lowest BCUT2D eigenvalue weighted by Gasteiger charge is -2.12. The highest BCUT2D eigenvalue weighted by molar-refractivity contribution is 5.92. The summed E-state index contributed by atoms with van der Waals surface area (Å²) in [6.07, 6.45) is -2.84. The van der Waals surface area contributed by atoms with Crippen molar-refractivity contribution >= 4 is 24.0 Å². The van der Waals surface area contributed by atoms with E-state index in [0.717, 1.165) is 12.8 Å². The number of amides is 1. The molecule has 1 aliphatic carbocycles. The van der Waals surface area contributed by atoms with E-state index in [0.29, 0.717) is 17.7 Å². The van der Waals surface area contributed by atoms with E-state index in [4.69, 9.17) is 5.73 Å². The minimum Gasteiger partial charge on any atom is -0.328 e. The van der Waals surface area contributed by atoms with Crippen molar-refractivity contribution in [3.8, 4) is 0 Å². The maximum absolute atomic E-state index is 12.2. The molecule has 2 unspecified atom stereocenters. The Balaban J connectivity index is 0.00000242. The average molecular weight is 337 g/mol. The SMILES string of the molecule is Cl.NC1CCC(C(=O)Nc2cccc(CCC(F)(F)F)c2)C1. The van der Waals surface area contributed by atoms with Crippen molar-refractivity contribution in [2.75, 3.05) is 5.32 Å². The van der Waals surface area contributed by atoms with Gasteiger partial charge in [-0.3, -0.25) is 4.79 Å². The molecule has 0 spiro atoms. The summed E-state index contributed by atoms with van der Waals surface area (Å²) >= 11 is 0. The number of carbonyl (C=O) groups excluding carboxylic acids is 1. The van der Waals surface area contributed by atoms with Crippen LogP contribution in [0, 0.1) is 5.92 Å². The van der Waals surface area contributed by atoms with Gasteiger partial charge in [0.15, 0.2) is 0 Å². The number of aryl methyl sites for hydroxylation is 1. The summed E-state index contributed by atoms with van der Waals surface area (Å²) < 4.78 is 36.6. The predicted molar refractivity (Wildman–Crippen MR) is 82.0 cm³/mol. The van der Waals surface area contributed by atoms with Crippen LogP contribution in [0.15, 0.2) is 24.3 Å². The van der Waals surface area contributed by atoms with Gasteiger partial charge >= 0.3 is 6.18 Å². The van der Waals surface area contributed by atoms with Gasteiger partial charge < -0.3 is 11.1 Å². The molecule has 2 atom stereocenters. The Morgan fingerprint density at radius 1 is 1.32 bits per heavy atom. The summed E-state index contributed by atoms with van der Waals surface area (Å²) in [4.78, 5) is 12.0. The first kappa shape index (κ1) is 18.8. The van der Waals surface area contributed by atoms with Crippen molar-refractivity contribution in [2.45, 2.75) is 44.3 Å². The fourth-order valence-electron chi connectivity index (χ4n) is 2.59. The molecule has 22 heavy (non-hydrogen) atoms. The van der Waals surface area contributed by atoms with Crippen LogP contribution < -0.4 is 11.1 Å². The second kappa shape index (κ2) is 7.83. The maximum Gasteiger partial charge on any atom is 0.389 e.